The summed E-state index contributed by atoms with van der Waals surface area (Å²) in [6, 6.07) is 17.6. The molecule has 0 saturated heterocycles. The first-order valence-corrected chi connectivity index (χ1v) is 10.3. The maximum Gasteiger partial charge on any atom is 0.250 e. The van der Waals surface area contributed by atoms with Gasteiger partial charge in [0.1, 0.15) is 18.1 Å². The van der Waals surface area contributed by atoms with Crippen LogP contribution in [0.4, 0.5) is 0 Å². The van der Waals surface area contributed by atoms with Gasteiger partial charge in [0, 0.05) is 56.3 Å². The first kappa shape index (κ1) is 19.8. The van der Waals surface area contributed by atoms with E-state index in [1.54, 1.807) is 22.4 Å². The van der Waals surface area contributed by atoms with Crippen LogP contribution in [0.3, 0.4) is 0 Å². The second-order valence-electron chi connectivity index (χ2n) is 7.87. The van der Waals surface area contributed by atoms with Gasteiger partial charge in [-0.3, -0.25) is 9.48 Å². The molecule has 3 heterocycles. The average Bonchev–Trinajstić information content (AvgIpc) is 3.37. The molecular weight excluding hydrogens is 402 g/mol. The monoisotopic (exact) mass is 425 g/mol. The Kier molecular flexibility index (Phi) is 4.86. The third kappa shape index (κ3) is 3.58. The van der Waals surface area contributed by atoms with Crippen LogP contribution < -0.4 is 10.3 Å². The van der Waals surface area contributed by atoms with Gasteiger partial charge in [0.25, 0.3) is 0 Å². The van der Waals surface area contributed by atoms with Crippen LogP contribution >= 0.6 is 0 Å². The number of imidazole rings is 1. The van der Waals surface area contributed by atoms with E-state index in [1.165, 1.54) is 0 Å². The van der Waals surface area contributed by atoms with Crippen LogP contribution in [0, 0.1) is 0 Å². The van der Waals surface area contributed by atoms with Gasteiger partial charge in [-0.05, 0) is 29.8 Å². The zero-order valence-corrected chi connectivity index (χ0v) is 18.2. The molecule has 32 heavy (non-hydrogen) atoms. The van der Waals surface area contributed by atoms with Crippen molar-refractivity contribution in [2.75, 3.05) is 0 Å². The molecule has 160 valence electrons. The van der Waals surface area contributed by atoms with Crippen molar-refractivity contribution in [2.45, 2.75) is 6.61 Å². The third-order valence-electron chi connectivity index (χ3n) is 5.60. The van der Waals surface area contributed by atoms with E-state index in [-0.39, 0.29) is 5.56 Å². The fourth-order valence-corrected chi connectivity index (χ4v) is 3.91. The molecule has 0 aliphatic carbocycles. The Hall–Kier alpha value is -4.13. The van der Waals surface area contributed by atoms with E-state index < -0.39 is 0 Å². The third-order valence-corrected chi connectivity index (χ3v) is 5.60. The summed E-state index contributed by atoms with van der Waals surface area (Å²) in [6.45, 7) is 0.328. The molecule has 0 fully saturated rings. The molecule has 5 aromatic rings. The highest BCUT2D eigenvalue weighted by atomic mass is 16.5. The quantitative estimate of drug-likeness (QED) is 0.428. The van der Waals surface area contributed by atoms with Crippen molar-refractivity contribution in [1.29, 1.82) is 0 Å². The van der Waals surface area contributed by atoms with Crippen LogP contribution in [0.15, 0.2) is 78.1 Å². The summed E-state index contributed by atoms with van der Waals surface area (Å²) in [6.07, 6.45) is 5.59. The zero-order chi connectivity index (χ0) is 22.2. The molecule has 7 nitrogen and oxygen atoms in total. The number of aromatic nitrogens is 5. The predicted octanol–water partition coefficient (Wildman–Crippen LogP) is 3.92. The van der Waals surface area contributed by atoms with E-state index in [0.29, 0.717) is 6.61 Å². The molecule has 0 radical (unpaired) electrons. The van der Waals surface area contributed by atoms with Crippen LogP contribution in [0.25, 0.3) is 33.3 Å². The first-order valence-electron chi connectivity index (χ1n) is 10.3. The summed E-state index contributed by atoms with van der Waals surface area (Å²) >= 11 is 0. The van der Waals surface area contributed by atoms with Crippen LogP contribution in [-0.2, 0) is 27.7 Å². The Bertz CT molecular complexity index is 1470. The van der Waals surface area contributed by atoms with Crippen LogP contribution in [0.2, 0.25) is 0 Å². The summed E-state index contributed by atoms with van der Waals surface area (Å²) in [5.41, 5.74) is 6.91. The standard InChI is InChI=1S/C25H23N5O2/c1-28-13-18(9-12-24(28)31)21-14-30(3)27-22(21)15-32-19-10-7-17(8-11-19)20-5-4-6-23-25(20)26-16-29(23)2/h4-14,16H,15H2,1-3H3. The molecule has 0 aliphatic heterocycles. The molecule has 0 saturated carbocycles. The first-order chi connectivity index (χ1) is 15.5. The van der Waals surface area contributed by atoms with Gasteiger partial charge in [-0.1, -0.05) is 24.3 Å². The molecule has 0 spiro atoms. The van der Waals surface area contributed by atoms with E-state index in [9.17, 15) is 4.79 Å². The van der Waals surface area contributed by atoms with Gasteiger partial charge in [0.15, 0.2) is 0 Å². The largest absolute Gasteiger partial charge is 0.487 e. The molecule has 2 aromatic carbocycles. The van der Waals surface area contributed by atoms with Crippen molar-refractivity contribution in [3.63, 3.8) is 0 Å². The Labute approximate surface area is 185 Å². The van der Waals surface area contributed by atoms with Gasteiger partial charge in [-0.25, -0.2) is 4.98 Å². The van der Waals surface area contributed by atoms with E-state index in [0.717, 1.165) is 44.7 Å². The molecule has 0 bridgehead atoms. The summed E-state index contributed by atoms with van der Waals surface area (Å²) in [5.74, 6) is 0.763. The number of pyridine rings is 1. The number of fused-ring (bicyclic) bond motifs is 1. The predicted molar refractivity (Wildman–Crippen MR) is 124 cm³/mol. The highest BCUT2D eigenvalue weighted by molar-refractivity contribution is 5.92. The van der Waals surface area contributed by atoms with E-state index in [2.05, 4.69) is 22.2 Å². The molecule has 5 rings (SSSR count). The summed E-state index contributed by atoms with van der Waals surface area (Å²) < 4.78 is 11.4. The van der Waals surface area contributed by atoms with Crippen molar-refractivity contribution in [3.05, 3.63) is 89.4 Å². The van der Waals surface area contributed by atoms with Gasteiger partial charge in [0.05, 0.1) is 17.4 Å². The molecule has 0 unspecified atom stereocenters. The minimum atomic E-state index is -0.0445. The number of rotatable bonds is 5. The van der Waals surface area contributed by atoms with Gasteiger partial charge < -0.3 is 13.9 Å². The van der Waals surface area contributed by atoms with E-state index >= 15 is 0 Å². The van der Waals surface area contributed by atoms with Crippen molar-refractivity contribution in [2.24, 2.45) is 21.1 Å². The molecule has 0 N–H and O–H groups in total. The fraction of sp³-hybridized carbons (Fsp3) is 0.160. The molecule has 7 heteroatoms. The molecular formula is C25H23N5O2. The van der Waals surface area contributed by atoms with Crippen LogP contribution in [0.1, 0.15) is 5.69 Å². The van der Waals surface area contributed by atoms with Gasteiger partial charge in [0.2, 0.25) is 5.56 Å². The van der Waals surface area contributed by atoms with E-state index in [1.807, 2.05) is 73.8 Å². The smallest absolute Gasteiger partial charge is 0.250 e. The summed E-state index contributed by atoms with van der Waals surface area (Å²) in [5, 5.41) is 4.55. The maximum absolute atomic E-state index is 11.7. The SMILES string of the molecule is Cn1cc(-c2ccc(=O)n(C)c2)c(COc2ccc(-c3cccc4c3ncn4C)cc2)n1. The van der Waals surface area contributed by atoms with Crippen molar-refractivity contribution >= 4 is 11.0 Å². The Morgan fingerprint density at radius 2 is 1.62 bits per heavy atom. The molecule has 3 aromatic heterocycles. The minimum Gasteiger partial charge on any atom is -0.487 e. The zero-order valence-electron chi connectivity index (χ0n) is 18.2. The number of hydrogen-bond acceptors (Lipinski definition) is 4. The number of benzene rings is 2. The fourth-order valence-electron chi connectivity index (χ4n) is 3.91. The summed E-state index contributed by atoms with van der Waals surface area (Å²) in [4.78, 5) is 16.3. The lowest BCUT2D eigenvalue weighted by molar-refractivity contribution is 0.300. The second kappa shape index (κ2) is 7.85. The normalized spacial score (nSPS) is 11.2. The minimum absolute atomic E-state index is 0.0445. The van der Waals surface area contributed by atoms with E-state index in [4.69, 9.17) is 4.74 Å². The number of nitrogens with zero attached hydrogens (tertiary/aromatic N) is 5. The van der Waals surface area contributed by atoms with Crippen LogP contribution in [0.5, 0.6) is 5.75 Å². The Morgan fingerprint density at radius 3 is 2.41 bits per heavy atom. The highest BCUT2D eigenvalue weighted by Crippen LogP contribution is 2.29. The summed E-state index contributed by atoms with van der Waals surface area (Å²) in [7, 11) is 5.62. The van der Waals surface area contributed by atoms with Crippen LogP contribution in [-0.4, -0.2) is 23.9 Å². The molecule has 0 atom stereocenters. The van der Waals surface area contributed by atoms with Gasteiger partial charge >= 0.3 is 0 Å². The topological polar surface area (TPSA) is 66.9 Å². The highest BCUT2D eigenvalue weighted by Gasteiger charge is 2.12. The Balaban J connectivity index is 1.37. The molecule has 0 aliphatic rings. The average molecular weight is 425 g/mol. The molecule has 0 amide bonds. The number of para-hydroxylation sites is 1. The maximum atomic E-state index is 11.7. The lowest BCUT2D eigenvalue weighted by Gasteiger charge is -2.09. The number of hydrogen-bond donors (Lipinski definition) is 0. The second-order valence-corrected chi connectivity index (χ2v) is 7.87. The van der Waals surface area contributed by atoms with Gasteiger partial charge in [-0.15, -0.1) is 0 Å². The lowest BCUT2D eigenvalue weighted by atomic mass is 10.0. The van der Waals surface area contributed by atoms with Gasteiger partial charge in [-0.2, -0.15) is 5.10 Å². The number of ether oxygens (including phenoxy) is 1. The van der Waals surface area contributed by atoms with Crippen molar-refractivity contribution < 1.29 is 4.74 Å². The van der Waals surface area contributed by atoms with Crippen molar-refractivity contribution in [1.82, 2.24) is 23.9 Å². The van der Waals surface area contributed by atoms with Crippen molar-refractivity contribution in [3.8, 4) is 28.0 Å². The lowest BCUT2D eigenvalue weighted by Crippen LogP contribution is -2.14. The Morgan fingerprint density at radius 1 is 0.844 bits per heavy atom. The number of aryl methyl sites for hydroxylation is 3.